The molecular weight excluding hydrogens is 544 g/mol. The molecule has 0 atom stereocenters. The van der Waals surface area contributed by atoms with Crippen molar-refractivity contribution in [2.24, 2.45) is 0 Å². The van der Waals surface area contributed by atoms with E-state index in [1.54, 1.807) is 0 Å². The number of unbranched alkanes of at least 4 members (excludes halogenated alkanes) is 29. The van der Waals surface area contributed by atoms with Gasteiger partial charge in [0.2, 0.25) is 0 Å². The standard InChI is InChI=1S/C24H48O2.C16H30O2/c1-2-3-4-5-6-7-8-9-10-11-12-13-14-15-16-17-18-19-20-21-22-23-24(25)26;1-2-3-4-5-6-7-8-9-10-11-12-13-14-15-16(17)18/h2-23H2,1H3,(H,25,26);7-8H,2-6,9-15H2,1H3,(H,17,18)/b;8-7-. The molecular formula is C40H78O4. The summed E-state index contributed by atoms with van der Waals surface area (Å²) >= 11 is 0. The molecule has 0 bridgehead atoms. The van der Waals surface area contributed by atoms with Gasteiger partial charge >= 0.3 is 11.9 Å². The van der Waals surface area contributed by atoms with Crippen LogP contribution in [-0.4, -0.2) is 22.2 Å². The fraction of sp³-hybridized carbons (Fsp3) is 0.900. The minimum atomic E-state index is -0.666. The van der Waals surface area contributed by atoms with E-state index >= 15 is 0 Å². The van der Waals surface area contributed by atoms with Gasteiger partial charge in [0.15, 0.2) is 0 Å². The molecule has 0 aromatic carbocycles. The quantitative estimate of drug-likeness (QED) is 0.0544. The van der Waals surface area contributed by atoms with Gasteiger partial charge in [0.1, 0.15) is 0 Å². The van der Waals surface area contributed by atoms with Crippen molar-refractivity contribution in [3.63, 3.8) is 0 Å². The summed E-state index contributed by atoms with van der Waals surface area (Å²) in [6, 6.07) is 0. The van der Waals surface area contributed by atoms with E-state index < -0.39 is 11.9 Å². The van der Waals surface area contributed by atoms with Crippen molar-refractivity contribution in [2.75, 3.05) is 0 Å². The molecule has 0 saturated heterocycles. The fourth-order valence-electron chi connectivity index (χ4n) is 5.70. The zero-order valence-electron chi connectivity index (χ0n) is 29.9. The minimum Gasteiger partial charge on any atom is -0.481 e. The maximum atomic E-state index is 10.4. The Balaban J connectivity index is 0. The number of carboxylic acid groups (broad SMARTS) is 2. The highest BCUT2D eigenvalue weighted by atomic mass is 16.4. The van der Waals surface area contributed by atoms with Gasteiger partial charge in [-0.05, 0) is 38.5 Å². The minimum absolute atomic E-state index is 0.331. The Kier molecular flexibility index (Phi) is 42.4. The molecule has 2 N–H and O–H groups in total. The normalized spacial score (nSPS) is 11.1. The van der Waals surface area contributed by atoms with E-state index in [4.69, 9.17) is 10.2 Å². The molecule has 0 aromatic heterocycles. The molecule has 0 aliphatic carbocycles. The van der Waals surface area contributed by atoms with Gasteiger partial charge in [-0.2, -0.15) is 0 Å². The molecule has 0 fully saturated rings. The molecule has 0 unspecified atom stereocenters. The molecule has 44 heavy (non-hydrogen) atoms. The lowest BCUT2D eigenvalue weighted by atomic mass is 10.0. The highest BCUT2D eigenvalue weighted by Crippen LogP contribution is 2.15. The van der Waals surface area contributed by atoms with Crippen LogP contribution in [-0.2, 0) is 9.59 Å². The van der Waals surface area contributed by atoms with Crippen molar-refractivity contribution in [3.8, 4) is 0 Å². The van der Waals surface area contributed by atoms with E-state index in [-0.39, 0.29) is 0 Å². The number of rotatable bonds is 35. The smallest absolute Gasteiger partial charge is 0.303 e. The van der Waals surface area contributed by atoms with Crippen LogP contribution in [0, 0.1) is 0 Å². The molecule has 0 radical (unpaired) electrons. The molecule has 4 heteroatoms. The van der Waals surface area contributed by atoms with Crippen LogP contribution in [0.1, 0.15) is 232 Å². The van der Waals surface area contributed by atoms with E-state index in [9.17, 15) is 9.59 Å². The molecule has 0 aromatic rings. The molecule has 0 amide bonds. The van der Waals surface area contributed by atoms with Crippen molar-refractivity contribution in [1.82, 2.24) is 0 Å². The molecule has 262 valence electrons. The third-order valence-electron chi connectivity index (χ3n) is 8.65. The van der Waals surface area contributed by atoms with Crippen molar-refractivity contribution in [1.29, 1.82) is 0 Å². The molecule has 4 nitrogen and oxygen atoms in total. The van der Waals surface area contributed by atoms with Gasteiger partial charge in [-0.3, -0.25) is 9.59 Å². The van der Waals surface area contributed by atoms with E-state index in [0.29, 0.717) is 12.8 Å². The Bertz CT molecular complexity index is 586. The maximum Gasteiger partial charge on any atom is 0.303 e. The molecule has 0 aliphatic rings. The number of allylic oxidation sites excluding steroid dienone is 2. The Labute approximate surface area is 275 Å². The van der Waals surface area contributed by atoms with Crippen LogP contribution >= 0.6 is 0 Å². The number of carbonyl (C=O) groups is 2. The van der Waals surface area contributed by atoms with Gasteiger partial charge in [-0.25, -0.2) is 0 Å². The first-order valence-electron chi connectivity index (χ1n) is 19.6. The van der Waals surface area contributed by atoms with Gasteiger partial charge in [-0.15, -0.1) is 0 Å². The summed E-state index contributed by atoms with van der Waals surface area (Å²) in [7, 11) is 0. The lowest BCUT2D eigenvalue weighted by Gasteiger charge is -2.04. The predicted octanol–water partition coefficient (Wildman–Crippen LogP) is 14.0. The van der Waals surface area contributed by atoms with Crippen LogP contribution < -0.4 is 0 Å². The van der Waals surface area contributed by atoms with Gasteiger partial charge in [0.05, 0.1) is 0 Å². The average Bonchev–Trinajstić information content (AvgIpc) is 3.00. The Morgan fingerprint density at radius 1 is 0.341 bits per heavy atom. The van der Waals surface area contributed by atoms with Gasteiger partial charge in [0.25, 0.3) is 0 Å². The summed E-state index contributed by atoms with van der Waals surface area (Å²) in [6.07, 6.45) is 47.4. The van der Waals surface area contributed by atoms with E-state index in [2.05, 4.69) is 26.0 Å². The van der Waals surface area contributed by atoms with E-state index in [1.165, 1.54) is 180 Å². The largest absolute Gasteiger partial charge is 0.481 e. The Hall–Kier alpha value is -1.32. The lowest BCUT2D eigenvalue weighted by Crippen LogP contribution is -1.93. The SMILES string of the molecule is CCCCCC/C=C\CCCCCCCC(=O)O.CCCCCCCCCCCCCCCCCCCCCCCC(=O)O. The fourth-order valence-corrected chi connectivity index (χ4v) is 5.70. The molecule has 0 saturated carbocycles. The Morgan fingerprint density at radius 2 is 0.545 bits per heavy atom. The first-order chi connectivity index (χ1) is 21.5. The topological polar surface area (TPSA) is 74.6 Å². The first kappa shape index (κ1) is 44.8. The van der Waals surface area contributed by atoms with Crippen LogP contribution in [0.25, 0.3) is 0 Å². The number of carboxylic acids is 2. The second-order valence-electron chi connectivity index (χ2n) is 13.2. The monoisotopic (exact) mass is 623 g/mol. The van der Waals surface area contributed by atoms with Crippen LogP contribution in [0.3, 0.4) is 0 Å². The summed E-state index contributed by atoms with van der Waals surface area (Å²) < 4.78 is 0. The third-order valence-corrected chi connectivity index (χ3v) is 8.65. The van der Waals surface area contributed by atoms with Gasteiger partial charge < -0.3 is 10.2 Å². The maximum absolute atomic E-state index is 10.4. The number of hydrogen-bond donors (Lipinski definition) is 2. The average molecular weight is 623 g/mol. The van der Waals surface area contributed by atoms with Crippen LogP contribution in [0.15, 0.2) is 12.2 Å². The Morgan fingerprint density at radius 3 is 0.795 bits per heavy atom. The van der Waals surface area contributed by atoms with Crippen molar-refractivity contribution < 1.29 is 19.8 Å². The predicted molar refractivity (Wildman–Crippen MR) is 193 cm³/mol. The van der Waals surface area contributed by atoms with E-state index in [1.807, 2.05) is 0 Å². The second-order valence-corrected chi connectivity index (χ2v) is 13.2. The summed E-state index contributed by atoms with van der Waals surface area (Å²) in [5, 5.41) is 17.1. The highest BCUT2D eigenvalue weighted by molar-refractivity contribution is 5.66. The van der Waals surface area contributed by atoms with Crippen LogP contribution in [0.2, 0.25) is 0 Å². The molecule has 0 heterocycles. The number of aliphatic carboxylic acids is 2. The van der Waals surface area contributed by atoms with E-state index in [0.717, 1.165) is 25.7 Å². The van der Waals surface area contributed by atoms with Crippen LogP contribution in [0.4, 0.5) is 0 Å². The summed E-state index contributed by atoms with van der Waals surface area (Å²) in [5.41, 5.74) is 0. The van der Waals surface area contributed by atoms with Gasteiger partial charge in [-0.1, -0.05) is 193 Å². The molecule has 0 spiro atoms. The zero-order valence-corrected chi connectivity index (χ0v) is 29.9. The molecule has 0 rings (SSSR count). The zero-order chi connectivity index (χ0) is 32.6. The van der Waals surface area contributed by atoms with Gasteiger partial charge in [0, 0.05) is 12.8 Å². The third kappa shape index (κ3) is 47.6. The lowest BCUT2D eigenvalue weighted by molar-refractivity contribution is -0.138. The summed E-state index contributed by atoms with van der Waals surface area (Å²) in [6.45, 7) is 4.53. The van der Waals surface area contributed by atoms with Crippen molar-refractivity contribution in [2.45, 2.75) is 232 Å². The van der Waals surface area contributed by atoms with Crippen LogP contribution in [0.5, 0.6) is 0 Å². The number of hydrogen-bond acceptors (Lipinski definition) is 2. The van der Waals surface area contributed by atoms with Crippen molar-refractivity contribution >= 4 is 11.9 Å². The second kappa shape index (κ2) is 41.7. The summed E-state index contributed by atoms with van der Waals surface area (Å²) in [4.78, 5) is 20.7. The summed E-state index contributed by atoms with van der Waals surface area (Å²) in [5.74, 6) is -1.32. The molecule has 0 aliphatic heterocycles. The highest BCUT2D eigenvalue weighted by Gasteiger charge is 1.98. The van der Waals surface area contributed by atoms with Crippen molar-refractivity contribution in [3.05, 3.63) is 12.2 Å². The first-order valence-corrected chi connectivity index (χ1v) is 19.6.